The van der Waals surface area contributed by atoms with Gasteiger partial charge in [-0.25, -0.2) is 15.0 Å². The number of aromatic nitrogens is 4. The molecule has 0 bridgehead atoms. The van der Waals surface area contributed by atoms with Crippen molar-refractivity contribution in [2.45, 2.75) is 19.5 Å². The number of nitrogens with zero attached hydrogens (tertiary/aromatic N) is 6. The molecule has 9 heteroatoms. The first-order valence-corrected chi connectivity index (χ1v) is 8.74. The van der Waals surface area contributed by atoms with Crippen LogP contribution in [0, 0.1) is 0 Å². The fourth-order valence-electron chi connectivity index (χ4n) is 3.43. The average molecular weight is 358 g/mol. The van der Waals surface area contributed by atoms with E-state index in [0.29, 0.717) is 37.9 Å². The van der Waals surface area contributed by atoms with Crippen LogP contribution >= 0.6 is 0 Å². The molecule has 9 nitrogen and oxygen atoms in total. The summed E-state index contributed by atoms with van der Waals surface area (Å²) in [6.07, 6.45) is 3.36. The maximum Gasteiger partial charge on any atom is 0.274 e. The molecule has 138 valence electrons. The standard InChI is InChI=1S/C17H22N6O3/c1-12-16-20-13(17(24)21-5-7-26-8-6-21)10-22(16)3-4-23(12)14-9-15(25-2)19-11-18-14/h9-12H,3-8H2,1-2H3. The van der Waals surface area contributed by atoms with E-state index in [0.717, 1.165) is 24.7 Å². The van der Waals surface area contributed by atoms with Crippen LogP contribution in [0.25, 0.3) is 0 Å². The molecule has 0 saturated carbocycles. The van der Waals surface area contributed by atoms with Crippen molar-refractivity contribution in [3.05, 3.63) is 30.1 Å². The van der Waals surface area contributed by atoms with E-state index in [1.807, 2.05) is 12.3 Å². The quantitative estimate of drug-likeness (QED) is 0.800. The van der Waals surface area contributed by atoms with Gasteiger partial charge in [0.25, 0.3) is 5.91 Å². The topological polar surface area (TPSA) is 85.6 Å². The van der Waals surface area contributed by atoms with Crippen LogP contribution in [0.1, 0.15) is 29.3 Å². The van der Waals surface area contributed by atoms with Crippen LogP contribution in [0.5, 0.6) is 5.88 Å². The molecule has 0 aromatic carbocycles. The Kier molecular flexibility index (Phi) is 4.46. The Morgan fingerprint density at radius 1 is 1.23 bits per heavy atom. The summed E-state index contributed by atoms with van der Waals surface area (Å²) in [5.74, 6) is 2.15. The van der Waals surface area contributed by atoms with Crippen molar-refractivity contribution in [3.63, 3.8) is 0 Å². The summed E-state index contributed by atoms with van der Waals surface area (Å²) < 4.78 is 12.6. The lowest BCUT2D eigenvalue weighted by molar-refractivity contribution is 0.0299. The van der Waals surface area contributed by atoms with E-state index in [4.69, 9.17) is 9.47 Å². The monoisotopic (exact) mass is 358 g/mol. The minimum Gasteiger partial charge on any atom is -0.481 e. The molecule has 4 heterocycles. The van der Waals surface area contributed by atoms with Gasteiger partial charge in [-0.1, -0.05) is 0 Å². The van der Waals surface area contributed by atoms with Gasteiger partial charge in [-0.3, -0.25) is 4.79 Å². The number of morpholine rings is 1. The van der Waals surface area contributed by atoms with Gasteiger partial charge < -0.3 is 23.8 Å². The van der Waals surface area contributed by atoms with Crippen LogP contribution < -0.4 is 9.64 Å². The summed E-state index contributed by atoms with van der Waals surface area (Å²) in [5.41, 5.74) is 0.496. The van der Waals surface area contributed by atoms with E-state index >= 15 is 0 Å². The number of hydrogen-bond donors (Lipinski definition) is 0. The zero-order valence-electron chi connectivity index (χ0n) is 15.0. The molecular formula is C17H22N6O3. The Balaban J connectivity index is 1.57. The summed E-state index contributed by atoms with van der Waals surface area (Å²) in [4.78, 5) is 29.7. The molecule has 1 atom stereocenters. The average Bonchev–Trinajstić information content (AvgIpc) is 3.13. The van der Waals surface area contributed by atoms with Gasteiger partial charge in [0.15, 0.2) is 0 Å². The number of fused-ring (bicyclic) bond motifs is 1. The van der Waals surface area contributed by atoms with Crippen molar-refractivity contribution in [1.29, 1.82) is 0 Å². The lowest BCUT2D eigenvalue weighted by atomic mass is 10.2. The van der Waals surface area contributed by atoms with Crippen LogP contribution in [0.2, 0.25) is 0 Å². The third-order valence-corrected chi connectivity index (χ3v) is 4.88. The highest BCUT2D eigenvalue weighted by atomic mass is 16.5. The number of hydrogen-bond acceptors (Lipinski definition) is 7. The van der Waals surface area contributed by atoms with Crippen LogP contribution in [-0.4, -0.2) is 70.3 Å². The van der Waals surface area contributed by atoms with Crippen LogP contribution in [0.3, 0.4) is 0 Å². The Morgan fingerprint density at radius 2 is 2.04 bits per heavy atom. The maximum absolute atomic E-state index is 12.7. The molecule has 0 N–H and O–H groups in total. The molecule has 0 aliphatic carbocycles. The predicted molar refractivity (Wildman–Crippen MR) is 93.3 cm³/mol. The summed E-state index contributed by atoms with van der Waals surface area (Å²) in [5, 5.41) is 0. The van der Waals surface area contributed by atoms with E-state index in [1.54, 1.807) is 12.0 Å². The summed E-state index contributed by atoms with van der Waals surface area (Å²) >= 11 is 0. The number of methoxy groups -OCH3 is 1. The Labute approximate surface area is 151 Å². The summed E-state index contributed by atoms with van der Waals surface area (Å²) in [6, 6.07) is 1.81. The van der Waals surface area contributed by atoms with Crippen molar-refractivity contribution in [2.24, 2.45) is 0 Å². The zero-order chi connectivity index (χ0) is 18.1. The highest BCUT2D eigenvalue weighted by molar-refractivity contribution is 5.92. The second kappa shape index (κ2) is 6.91. The number of rotatable bonds is 3. The largest absolute Gasteiger partial charge is 0.481 e. The van der Waals surface area contributed by atoms with Crippen molar-refractivity contribution >= 4 is 11.7 Å². The lowest BCUT2D eigenvalue weighted by Crippen LogP contribution is -2.40. The van der Waals surface area contributed by atoms with E-state index in [-0.39, 0.29) is 11.9 Å². The van der Waals surface area contributed by atoms with Gasteiger partial charge in [-0.15, -0.1) is 0 Å². The molecule has 2 aliphatic rings. The minimum atomic E-state index is -0.0299. The first-order chi connectivity index (χ1) is 12.7. The number of anilines is 1. The van der Waals surface area contributed by atoms with Gasteiger partial charge in [0.2, 0.25) is 5.88 Å². The Bertz CT molecular complexity index is 802. The molecule has 26 heavy (non-hydrogen) atoms. The Hall–Kier alpha value is -2.68. The molecule has 2 aromatic rings. The van der Waals surface area contributed by atoms with E-state index in [2.05, 4.69) is 31.3 Å². The van der Waals surface area contributed by atoms with Crippen LogP contribution in [-0.2, 0) is 11.3 Å². The zero-order valence-corrected chi connectivity index (χ0v) is 15.0. The molecule has 2 aliphatic heterocycles. The predicted octanol–water partition coefficient (Wildman–Crippen LogP) is 0.735. The van der Waals surface area contributed by atoms with Gasteiger partial charge in [-0.2, -0.15) is 0 Å². The van der Waals surface area contributed by atoms with Crippen molar-refractivity contribution < 1.29 is 14.3 Å². The Morgan fingerprint density at radius 3 is 2.81 bits per heavy atom. The van der Waals surface area contributed by atoms with Crippen LogP contribution in [0.4, 0.5) is 5.82 Å². The highest BCUT2D eigenvalue weighted by Gasteiger charge is 2.30. The molecule has 1 saturated heterocycles. The first kappa shape index (κ1) is 16.8. The minimum absolute atomic E-state index is 0.00500. The molecule has 1 unspecified atom stereocenters. The summed E-state index contributed by atoms with van der Waals surface area (Å²) in [6.45, 7) is 5.98. The number of imidazole rings is 1. The summed E-state index contributed by atoms with van der Waals surface area (Å²) in [7, 11) is 1.59. The molecule has 4 rings (SSSR count). The first-order valence-electron chi connectivity index (χ1n) is 8.74. The molecule has 1 amide bonds. The third-order valence-electron chi connectivity index (χ3n) is 4.88. The normalized spacial score (nSPS) is 20.0. The molecule has 2 aromatic heterocycles. The molecular weight excluding hydrogens is 336 g/mol. The van der Waals surface area contributed by atoms with E-state index < -0.39 is 0 Å². The number of carbonyl (C=O) groups excluding carboxylic acids is 1. The van der Waals surface area contributed by atoms with Gasteiger partial charge in [-0.05, 0) is 6.92 Å². The smallest absolute Gasteiger partial charge is 0.274 e. The highest BCUT2D eigenvalue weighted by Crippen LogP contribution is 2.30. The second-order valence-corrected chi connectivity index (χ2v) is 6.37. The molecule has 0 spiro atoms. The number of amides is 1. The molecule has 1 fully saturated rings. The van der Waals surface area contributed by atoms with Crippen LogP contribution in [0.15, 0.2) is 18.6 Å². The number of carbonyl (C=O) groups is 1. The van der Waals surface area contributed by atoms with Crippen molar-refractivity contribution in [1.82, 2.24) is 24.4 Å². The van der Waals surface area contributed by atoms with Crippen molar-refractivity contribution in [2.75, 3.05) is 44.9 Å². The van der Waals surface area contributed by atoms with Gasteiger partial charge in [0.05, 0.1) is 26.4 Å². The number of ether oxygens (including phenoxy) is 2. The molecule has 0 radical (unpaired) electrons. The third kappa shape index (κ3) is 2.98. The fourth-order valence-corrected chi connectivity index (χ4v) is 3.43. The maximum atomic E-state index is 12.7. The van der Waals surface area contributed by atoms with E-state index in [9.17, 15) is 4.79 Å². The van der Waals surface area contributed by atoms with Gasteiger partial charge >= 0.3 is 0 Å². The fraction of sp³-hybridized carbons (Fsp3) is 0.529. The van der Waals surface area contributed by atoms with E-state index in [1.165, 1.54) is 6.33 Å². The van der Waals surface area contributed by atoms with Crippen molar-refractivity contribution in [3.8, 4) is 5.88 Å². The second-order valence-electron chi connectivity index (χ2n) is 6.37. The lowest BCUT2D eigenvalue weighted by Gasteiger charge is -2.34. The van der Waals surface area contributed by atoms with Gasteiger partial charge in [0.1, 0.15) is 23.7 Å². The SMILES string of the molecule is COc1cc(N2CCn3cc(C(=O)N4CCOCC4)nc3C2C)ncn1. The van der Waals surface area contributed by atoms with Gasteiger partial charge in [0, 0.05) is 38.4 Å².